The molecule has 0 aliphatic carbocycles. The number of benzene rings is 1. The van der Waals surface area contributed by atoms with E-state index in [1.54, 1.807) is 36.7 Å². The van der Waals surface area contributed by atoms with Crippen molar-refractivity contribution in [3.63, 3.8) is 0 Å². The van der Waals surface area contributed by atoms with Crippen molar-refractivity contribution in [1.82, 2.24) is 15.6 Å². The maximum atomic E-state index is 12.7. The summed E-state index contributed by atoms with van der Waals surface area (Å²) in [6.45, 7) is 1.28. The molecule has 0 bridgehead atoms. The quantitative estimate of drug-likeness (QED) is 0.874. The van der Waals surface area contributed by atoms with Gasteiger partial charge < -0.3 is 0 Å². The van der Waals surface area contributed by atoms with Crippen molar-refractivity contribution in [2.24, 2.45) is 0 Å². The summed E-state index contributed by atoms with van der Waals surface area (Å²) >= 11 is 0. The summed E-state index contributed by atoms with van der Waals surface area (Å²) in [5.74, 6) is 0. The van der Waals surface area contributed by atoms with Crippen LogP contribution in [0.25, 0.3) is 11.1 Å². The first-order valence-electron chi connectivity index (χ1n) is 6.31. The highest BCUT2D eigenvalue weighted by Gasteiger charge is 2.31. The molecule has 0 saturated carbocycles. The van der Waals surface area contributed by atoms with Gasteiger partial charge in [-0.1, -0.05) is 18.2 Å². The largest absolute Gasteiger partial charge is 0.288 e. The Morgan fingerprint density at radius 2 is 2.00 bits per heavy atom. The number of hydrogen-bond acceptors (Lipinski definition) is 5. The molecule has 3 rings (SSSR count). The van der Waals surface area contributed by atoms with Crippen molar-refractivity contribution < 1.29 is 8.42 Å². The Morgan fingerprint density at radius 1 is 1.20 bits per heavy atom. The lowest BCUT2D eigenvalue weighted by Crippen LogP contribution is -2.39. The molecule has 1 fully saturated rings. The molecular formula is C14H14N3O2S. The topological polar surface area (TPSA) is 71.1 Å². The van der Waals surface area contributed by atoms with Crippen molar-refractivity contribution in [3.05, 3.63) is 48.8 Å². The number of aromatic nitrogens is 1. The molecule has 0 atom stereocenters. The standard InChI is InChI=1S/C14H14N3O2S/c18-20(19,14-16-8-9-17-14)13-6-2-1-5-12(13)11-4-3-7-15-10-11/h1-4,6-7,10,14,16-17H,8-9H2. The molecule has 2 N–H and O–H groups in total. The van der Waals surface area contributed by atoms with Gasteiger partial charge in [0.25, 0.3) is 0 Å². The van der Waals surface area contributed by atoms with Crippen molar-refractivity contribution in [2.45, 2.75) is 10.4 Å². The minimum atomic E-state index is -3.50. The van der Waals surface area contributed by atoms with Gasteiger partial charge in [0.1, 0.15) is 0 Å². The van der Waals surface area contributed by atoms with Crippen molar-refractivity contribution in [1.29, 1.82) is 0 Å². The lowest BCUT2D eigenvalue weighted by molar-refractivity contribution is 0.561. The van der Waals surface area contributed by atoms with Crippen molar-refractivity contribution in [3.8, 4) is 11.1 Å². The molecule has 1 radical (unpaired) electrons. The Kier molecular flexibility index (Phi) is 3.52. The Balaban J connectivity index is 2.11. The van der Waals surface area contributed by atoms with Crippen LogP contribution in [0.3, 0.4) is 0 Å². The van der Waals surface area contributed by atoms with Gasteiger partial charge in [0, 0.05) is 36.6 Å². The van der Waals surface area contributed by atoms with Crippen LogP contribution < -0.4 is 10.6 Å². The van der Waals surface area contributed by atoms with Crippen molar-refractivity contribution >= 4 is 9.84 Å². The number of sulfone groups is 1. The Morgan fingerprint density at radius 3 is 2.70 bits per heavy atom. The third-order valence-corrected chi connectivity index (χ3v) is 5.08. The summed E-state index contributed by atoms with van der Waals surface area (Å²) in [5.41, 5.74) is 0.550. The van der Waals surface area contributed by atoms with Crippen LogP contribution in [0.1, 0.15) is 0 Å². The van der Waals surface area contributed by atoms with Crippen LogP contribution >= 0.6 is 0 Å². The molecule has 0 amide bonds. The second kappa shape index (κ2) is 5.32. The van der Waals surface area contributed by atoms with Gasteiger partial charge >= 0.3 is 0 Å². The molecule has 0 unspecified atom stereocenters. The average Bonchev–Trinajstić information content (AvgIpc) is 3.03. The summed E-state index contributed by atoms with van der Waals surface area (Å²) in [5, 5.41) is 5.89. The van der Waals surface area contributed by atoms with Gasteiger partial charge in [0.2, 0.25) is 9.84 Å². The lowest BCUT2D eigenvalue weighted by Gasteiger charge is -2.15. The van der Waals surface area contributed by atoms with E-state index in [1.165, 1.54) is 0 Å². The number of nitrogens with zero attached hydrogens (tertiary/aromatic N) is 1. The first-order valence-corrected chi connectivity index (χ1v) is 7.86. The molecule has 2 heterocycles. The summed E-state index contributed by atoms with van der Waals surface area (Å²) in [7, 11) is -3.50. The van der Waals surface area contributed by atoms with Crippen molar-refractivity contribution in [2.75, 3.05) is 13.1 Å². The number of pyridine rings is 1. The molecule has 1 aliphatic heterocycles. The van der Waals surface area contributed by atoms with Gasteiger partial charge in [-0.25, -0.2) is 8.42 Å². The van der Waals surface area contributed by atoms with E-state index in [-0.39, 0.29) is 4.90 Å². The minimum absolute atomic E-state index is 0.264. The minimum Gasteiger partial charge on any atom is -0.288 e. The average molecular weight is 288 g/mol. The molecule has 2 aromatic rings. The third-order valence-electron chi connectivity index (χ3n) is 3.17. The van der Waals surface area contributed by atoms with E-state index in [0.29, 0.717) is 18.7 Å². The third kappa shape index (κ3) is 2.33. The summed E-state index contributed by atoms with van der Waals surface area (Å²) in [6.07, 6.45) is 3.29. The van der Waals surface area contributed by atoms with E-state index >= 15 is 0 Å². The highest BCUT2D eigenvalue weighted by atomic mass is 32.2. The maximum absolute atomic E-state index is 12.7. The fraction of sp³-hybridized carbons (Fsp3) is 0.214. The van der Waals surface area contributed by atoms with Gasteiger partial charge in [0.05, 0.1) is 4.90 Å². The molecule has 1 aromatic carbocycles. The van der Waals surface area contributed by atoms with Gasteiger partial charge in [-0.05, 0) is 18.2 Å². The van der Waals surface area contributed by atoms with E-state index in [0.717, 1.165) is 5.56 Å². The Hall–Kier alpha value is -1.76. The number of hydrogen-bond donors (Lipinski definition) is 2. The zero-order chi connectivity index (χ0) is 14.0. The lowest BCUT2D eigenvalue weighted by atomic mass is 10.1. The molecule has 103 valence electrons. The molecule has 5 nitrogen and oxygen atoms in total. The fourth-order valence-corrected chi connectivity index (χ4v) is 3.88. The van der Waals surface area contributed by atoms with Crippen LogP contribution in [0.15, 0.2) is 47.6 Å². The fourth-order valence-electron chi connectivity index (χ4n) is 2.22. The van der Waals surface area contributed by atoms with E-state index < -0.39 is 15.3 Å². The monoisotopic (exact) mass is 288 g/mol. The number of nitrogens with one attached hydrogen (secondary N) is 2. The highest BCUT2D eigenvalue weighted by molar-refractivity contribution is 7.92. The van der Waals surface area contributed by atoms with E-state index in [4.69, 9.17) is 0 Å². The molecule has 1 saturated heterocycles. The van der Waals surface area contributed by atoms with Gasteiger partial charge in [-0.3, -0.25) is 15.6 Å². The van der Waals surface area contributed by atoms with Crippen LogP contribution in [0, 0.1) is 6.07 Å². The van der Waals surface area contributed by atoms with Crippen LogP contribution in [-0.2, 0) is 9.84 Å². The molecule has 1 aliphatic rings. The zero-order valence-corrected chi connectivity index (χ0v) is 11.5. The molecule has 6 heteroatoms. The van der Waals surface area contributed by atoms with Gasteiger partial charge in [0.15, 0.2) is 5.50 Å². The summed E-state index contributed by atoms with van der Waals surface area (Å²) in [4.78, 5) is 4.30. The van der Waals surface area contributed by atoms with Crippen LogP contribution in [-0.4, -0.2) is 32.0 Å². The second-order valence-corrected chi connectivity index (χ2v) is 6.49. The normalized spacial score (nSPS) is 16.4. The molecule has 1 aromatic heterocycles. The van der Waals surface area contributed by atoms with Crippen LogP contribution in [0.4, 0.5) is 0 Å². The second-order valence-electron chi connectivity index (χ2n) is 4.48. The first-order chi connectivity index (χ1) is 9.69. The van der Waals surface area contributed by atoms with Crippen LogP contribution in [0.5, 0.6) is 0 Å². The van der Waals surface area contributed by atoms with Crippen LogP contribution in [0.2, 0.25) is 0 Å². The van der Waals surface area contributed by atoms with E-state index in [2.05, 4.69) is 21.7 Å². The predicted molar refractivity (Wildman–Crippen MR) is 75.5 cm³/mol. The van der Waals surface area contributed by atoms with E-state index in [9.17, 15) is 8.42 Å². The Bertz CT molecular complexity index is 695. The maximum Gasteiger partial charge on any atom is 0.208 e. The van der Waals surface area contributed by atoms with Gasteiger partial charge in [-0.2, -0.15) is 0 Å². The molecule has 0 spiro atoms. The summed E-state index contributed by atoms with van der Waals surface area (Å²) < 4.78 is 25.3. The van der Waals surface area contributed by atoms with Gasteiger partial charge in [-0.15, -0.1) is 0 Å². The highest BCUT2D eigenvalue weighted by Crippen LogP contribution is 2.28. The molecular weight excluding hydrogens is 274 g/mol. The van der Waals surface area contributed by atoms with E-state index in [1.807, 2.05) is 6.07 Å². The summed E-state index contributed by atoms with van der Waals surface area (Å²) in [6, 6.07) is 11.6. The zero-order valence-electron chi connectivity index (χ0n) is 10.7. The first kappa shape index (κ1) is 13.2. The Labute approximate surface area is 118 Å². The predicted octanol–water partition coefficient (Wildman–Crippen LogP) is 0.799. The number of rotatable bonds is 3. The SMILES string of the molecule is O=S(=O)(c1ccc[c]c1-c1cccnc1)C1NCCN1. The smallest absolute Gasteiger partial charge is 0.208 e. The molecule has 20 heavy (non-hydrogen) atoms.